The topological polar surface area (TPSA) is 22.1 Å². The Morgan fingerprint density at radius 1 is 1.47 bits per heavy atom. The minimum absolute atomic E-state index is 0.132. The number of ether oxygens (including phenoxy) is 1. The molecule has 0 saturated heterocycles. The van der Waals surface area contributed by atoms with Crippen molar-refractivity contribution in [2.75, 3.05) is 0 Å². The van der Waals surface area contributed by atoms with Gasteiger partial charge in [0.15, 0.2) is 0 Å². The zero-order chi connectivity index (χ0) is 10.4. The van der Waals surface area contributed by atoms with Gasteiger partial charge < -0.3 is 4.74 Å². The van der Waals surface area contributed by atoms with Crippen LogP contribution in [0.2, 0.25) is 0 Å². The maximum absolute atomic E-state index is 5.80. The lowest BCUT2D eigenvalue weighted by molar-refractivity contribution is 0.0875. The molecule has 0 aliphatic carbocycles. The Hall–Kier alpha value is -1.41. The minimum atomic E-state index is 0.132. The Labute approximate surface area is 89.3 Å². The van der Waals surface area contributed by atoms with Gasteiger partial charge in [0, 0.05) is 17.7 Å². The third-order valence-corrected chi connectivity index (χ3v) is 2.98. The van der Waals surface area contributed by atoms with Gasteiger partial charge in [0.25, 0.3) is 0 Å². The van der Waals surface area contributed by atoms with E-state index < -0.39 is 0 Å². The Balaban J connectivity index is 2.19. The van der Waals surface area contributed by atoms with Gasteiger partial charge in [-0.25, -0.2) is 0 Å². The minimum Gasteiger partial charge on any atom is -0.357 e. The summed E-state index contributed by atoms with van der Waals surface area (Å²) in [6, 6.07) is 2.14. The number of nitrogens with zero attached hydrogens (tertiary/aromatic N) is 1. The SMILES string of the molecule is C=CCc1nc(C)cc2c1[C@H]1C=C[C@@H]2O1. The van der Waals surface area contributed by atoms with Crippen LogP contribution < -0.4 is 0 Å². The van der Waals surface area contributed by atoms with E-state index in [4.69, 9.17) is 4.74 Å². The third kappa shape index (κ3) is 1.18. The highest BCUT2D eigenvalue weighted by molar-refractivity contribution is 5.46. The molecule has 15 heavy (non-hydrogen) atoms. The Morgan fingerprint density at radius 2 is 2.27 bits per heavy atom. The number of hydrogen-bond acceptors (Lipinski definition) is 2. The number of aryl methyl sites for hydroxylation is 1. The molecule has 0 spiro atoms. The molecule has 0 aromatic carbocycles. The van der Waals surface area contributed by atoms with Gasteiger partial charge in [-0.15, -0.1) is 6.58 Å². The number of hydrogen-bond donors (Lipinski definition) is 0. The first-order valence-corrected chi connectivity index (χ1v) is 5.24. The first-order valence-electron chi connectivity index (χ1n) is 5.24. The smallest absolute Gasteiger partial charge is 0.104 e. The van der Waals surface area contributed by atoms with E-state index >= 15 is 0 Å². The van der Waals surface area contributed by atoms with Crippen LogP contribution in [0.15, 0.2) is 30.9 Å². The Kier molecular flexibility index (Phi) is 1.80. The standard InChI is InChI=1S/C13H13NO/c1-3-4-10-13-9(7-8(2)14-10)11-5-6-12(13)15-11/h3,5-7,11-12H,1,4H2,2H3/t11-,12+/m0/s1. The predicted molar refractivity (Wildman–Crippen MR) is 58.6 cm³/mol. The molecule has 0 radical (unpaired) electrons. The van der Waals surface area contributed by atoms with Crippen molar-refractivity contribution >= 4 is 0 Å². The molecule has 1 aromatic rings. The van der Waals surface area contributed by atoms with Gasteiger partial charge in [0.05, 0.1) is 5.69 Å². The van der Waals surface area contributed by atoms with Crippen LogP contribution in [0, 0.1) is 6.92 Å². The summed E-state index contributed by atoms with van der Waals surface area (Å²) >= 11 is 0. The van der Waals surface area contributed by atoms with Crippen LogP contribution in [0.5, 0.6) is 0 Å². The van der Waals surface area contributed by atoms with Gasteiger partial charge in [-0.1, -0.05) is 18.2 Å². The maximum atomic E-state index is 5.80. The summed E-state index contributed by atoms with van der Waals surface area (Å²) < 4.78 is 5.80. The van der Waals surface area contributed by atoms with E-state index in [0.717, 1.165) is 17.8 Å². The average Bonchev–Trinajstić information content (AvgIpc) is 2.77. The van der Waals surface area contributed by atoms with Crippen LogP contribution in [0.4, 0.5) is 0 Å². The van der Waals surface area contributed by atoms with E-state index in [2.05, 4.69) is 29.8 Å². The lowest BCUT2D eigenvalue weighted by Crippen LogP contribution is -2.03. The van der Waals surface area contributed by atoms with E-state index in [9.17, 15) is 0 Å². The summed E-state index contributed by atoms with van der Waals surface area (Å²) in [7, 11) is 0. The van der Waals surface area contributed by atoms with Crippen LogP contribution in [0.3, 0.4) is 0 Å². The molecule has 3 rings (SSSR count). The molecular weight excluding hydrogens is 186 g/mol. The van der Waals surface area contributed by atoms with Crippen molar-refractivity contribution in [1.29, 1.82) is 0 Å². The van der Waals surface area contributed by atoms with Gasteiger partial charge in [-0.2, -0.15) is 0 Å². The van der Waals surface area contributed by atoms with Crippen LogP contribution in [-0.2, 0) is 11.2 Å². The molecule has 76 valence electrons. The lowest BCUT2D eigenvalue weighted by Gasteiger charge is -2.12. The highest BCUT2D eigenvalue weighted by atomic mass is 16.5. The first kappa shape index (κ1) is 8.86. The summed E-state index contributed by atoms with van der Waals surface area (Å²) in [6.07, 6.45) is 7.27. The molecule has 2 aliphatic heterocycles. The number of fused-ring (bicyclic) bond motifs is 5. The van der Waals surface area contributed by atoms with Gasteiger partial charge in [0.2, 0.25) is 0 Å². The maximum Gasteiger partial charge on any atom is 0.104 e. The Bertz CT molecular complexity index is 462. The second kappa shape index (κ2) is 3.04. The van der Waals surface area contributed by atoms with Crippen molar-refractivity contribution in [3.8, 4) is 0 Å². The predicted octanol–water partition coefficient (Wildman–Crippen LogP) is 2.80. The van der Waals surface area contributed by atoms with E-state index in [-0.39, 0.29) is 12.2 Å². The molecule has 0 N–H and O–H groups in total. The van der Waals surface area contributed by atoms with Gasteiger partial charge >= 0.3 is 0 Å². The number of rotatable bonds is 2. The van der Waals surface area contributed by atoms with E-state index in [0.29, 0.717) is 0 Å². The van der Waals surface area contributed by atoms with E-state index in [1.54, 1.807) is 0 Å². The van der Waals surface area contributed by atoms with E-state index in [1.165, 1.54) is 11.1 Å². The van der Waals surface area contributed by atoms with Crippen LogP contribution in [-0.4, -0.2) is 4.98 Å². The monoisotopic (exact) mass is 199 g/mol. The molecule has 2 nitrogen and oxygen atoms in total. The summed E-state index contributed by atoms with van der Waals surface area (Å²) in [4.78, 5) is 4.57. The van der Waals surface area contributed by atoms with Crippen molar-refractivity contribution in [3.63, 3.8) is 0 Å². The fourth-order valence-corrected chi connectivity index (χ4v) is 2.42. The fraction of sp³-hybridized carbons (Fsp3) is 0.308. The second-order valence-corrected chi connectivity index (χ2v) is 4.07. The highest BCUT2D eigenvalue weighted by Crippen LogP contribution is 2.47. The largest absolute Gasteiger partial charge is 0.357 e. The normalized spacial score (nSPS) is 25.7. The molecule has 0 saturated carbocycles. The number of pyridine rings is 1. The van der Waals surface area contributed by atoms with E-state index in [1.807, 2.05) is 13.0 Å². The van der Waals surface area contributed by atoms with Crippen LogP contribution in [0.1, 0.15) is 34.7 Å². The number of aromatic nitrogens is 1. The molecule has 0 unspecified atom stereocenters. The van der Waals surface area contributed by atoms with Crippen molar-refractivity contribution in [1.82, 2.24) is 4.98 Å². The Morgan fingerprint density at radius 3 is 3.07 bits per heavy atom. The molecular formula is C13H13NO. The summed E-state index contributed by atoms with van der Waals surface area (Å²) in [5.74, 6) is 0. The quantitative estimate of drug-likeness (QED) is 0.683. The summed E-state index contributed by atoms with van der Waals surface area (Å²) in [5, 5.41) is 0. The zero-order valence-corrected chi connectivity index (χ0v) is 8.73. The molecule has 2 atom stereocenters. The van der Waals surface area contributed by atoms with Crippen molar-refractivity contribution < 1.29 is 4.74 Å². The van der Waals surface area contributed by atoms with Gasteiger partial charge in [-0.3, -0.25) is 4.98 Å². The third-order valence-electron chi connectivity index (χ3n) is 2.98. The average molecular weight is 199 g/mol. The molecule has 2 heteroatoms. The lowest BCUT2D eigenvalue weighted by atomic mass is 9.94. The highest BCUT2D eigenvalue weighted by Gasteiger charge is 2.35. The molecule has 3 heterocycles. The van der Waals surface area contributed by atoms with Crippen molar-refractivity contribution in [3.05, 3.63) is 53.4 Å². The van der Waals surface area contributed by atoms with Crippen LogP contribution in [0.25, 0.3) is 0 Å². The molecule has 1 aromatic heterocycles. The van der Waals surface area contributed by atoms with Crippen molar-refractivity contribution in [2.45, 2.75) is 25.6 Å². The zero-order valence-electron chi connectivity index (χ0n) is 8.73. The number of allylic oxidation sites excluding steroid dienone is 1. The van der Waals surface area contributed by atoms with Crippen LogP contribution >= 0.6 is 0 Å². The summed E-state index contributed by atoms with van der Waals surface area (Å²) in [5.41, 5.74) is 4.76. The molecule has 2 aliphatic rings. The molecule has 2 bridgehead atoms. The summed E-state index contributed by atoms with van der Waals surface area (Å²) in [6.45, 7) is 5.80. The van der Waals surface area contributed by atoms with Gasteiger partial charge in [-0.05, 0) is 18.6 Å². The second-order valence-electron chi connectivity index (χ2n) is 4.07. The molecule has 0 fully saturated rings. The molecule has 0 amide bonds. The van der Waals surface area contributed by atoms with Crippen molar-refractivity contribution in [2.24, 2.45) is 0 Å². The fourth-order valence-electron chi connectivity index (χ4n) is 2.42. The first-order chi connectivity index (χ1) is 7.29. The van der Waals surface area contributed by atoms with Gasteiger partial charge in [0.1, 0.15) is 12.2 Å².